The summed E-state index contributed by atoms with van der Waals surface area (Å²) >= 11 is 0. The van der Waals surface area contributed by atoms with Gasteiger partial charge in [-0.2, -0.15) is 0 Å². The standard InChI is InChI=1S/C44H36BNO2/c1-42(2)43(3,4)48-45(47-42)32-25-23-29(24-26-32)41-35-27-28-37-40(39(35)34-20-12-14-22-38(34)46-41)33-19-11-13-21-36(33)44(37,30-15-7-5-8-16-30)31-17-9-6-10-18-31/h5-28H,1-4H3. The first-order valence-corrected chi connectivity index (χ1v) is 16.8. The number of aromatic nitrogens is 1. The number of fused-ring (bicyclic) bond motifs is 7. The topological polar surface area (TPSA) is 31.4 Å². The van der Waals surface area contributed by atoms with Gasteiger partial charge in [0.25, 0.3) is 0 Å². The molecule has 1 aromatic heterocycles. The molecule has 3 nitrogen and oxygen atoms in total. The van der Waals surface area contributed by atoms with E-state index in [1.807, 2.05) is 0 Å². The van der Waals surface area contributed by atoms with E-state index >= 15 is 0 Å². The lowest BCUT2D eigenvalue weighted by Crippen LogP contribution is -2.41. The molecule has 232 valence electrons. The van der Waals surface area contributed by atoms with E-state index in [0.29, 0.717) is 0 Å². The van der Waals surface area contributed by atoms with Gasteiger partial charge in [0.1, 0.15) is 0 Å². The molecule has 0 bridgehead atoms. The summed E-state index contributed by atoms with van der Waals surface area (Å²) in [6, 6.07) is 52.7. The Kier molecular flexibility index (Phi) is 6.37. The quantitative estimate of drug-likeness (QED) is 0.145. The van der Waals surface area contributed by atoms with Crippen molar-refractivity contribution in [3.8, 4) is 22.4 Å². The predicted molar refractivity (Wildman–Crippen MR) is 198 cm³/mol. The van der Waals surface area contributed by atoms with Crippen molar-refractivity contribution in [1.82, 2.24) is 4.98 Å². The fourth-order valence-corrected chi connectivity index (χ4v) is 7.97. The van der Waals surface area contributed by atoms with Crippen LogP contribution in [0, 0.1) is 0 Å². The molecule has 1 fully saturated rings. The highest BCUT2D eigenvalue weighted by Gasteiger charge is 2.52. The highest BCUT2D eigenvalue weighted by Crippen LogP contribution is 2.58. The fourth-order valence-electron chi connectivity index (χ4n) is 7.97. The average Bonchev–Trinajstić information content (AvgIpc) is 3.55. The van der Waals surface area contributed by atoms with E-state index in [1.165, 1.54) is 38.8 Å². The second kappa shape index (κ2) is 10.5. The lowest BCUT2D eigenvalue weighted by molar-refractivity contribution is 0.00578. The Morgan fingerprint density at radius 2 is 1.10 bits per heavy atom. The van der Waals surface area contributed by atoms with Gasteiger partial charge >= 0.3 is 7.12 Å². The molecule has 0 unspecified atom stereocenters. The van der Waals surface area contributed by atoms with Crippen molar-refractivity contribution >= 4 is 34.3 Å². The minimum atomic E-state index is -0.461. The summed E-state index contributed by atoms with van der Waals surface area (Å²) in [5.41, 5.74) is 10.5. The number of pyridine rings is 1. The Labute approximate surface area is 282 Å². The first-order valence-electron chi connectivity index (χ1n) is 16.8. The number of hydrogen-bond donors (Lipinski definition) is 0. The minimum Gasteiger partial charge on any atom is -0.399 e. The molecule has 0 amide bonds. The van der Waals surface area contributed by atoms with Gasteiger partial charge in [-0.05, 0) is 72.6 Å². The van der Waals surface area contributed by atoms with Gasteiger partial charge in [-0.15, -0.1) is 0 Å². The summed E-state index contributed by atoms with van der Waals surface area (Å²) < 4.78 is 12.7. The molecule has 9 rings (SSSR count). The lowest BCUT2D eigenvalue weighted by atomic mass is 9.67. The number of nitrogens with zero attached hydrogens (tertiary/aromatic N) is 1. The van der Waals surface area contributed by atoms with Crippen molar-refractivity contribution < 1.29 is 9.31 Å². The van der Waals surface area contributed by atoms with Gasteiger partial charge in [-0.25, -0.2) is 4.98 Å². The third kappa shape index (κ3) is 4.06. The van der Waals surface area contributed by atoms with Crippen molar-refractivity contribution in [1.29, 1.82) is 0 Å². The van der Waals surface area contributed by atoms with E-state index in [4.69, 9.17) is 14.3 Å². The normalized spacial score (nSPS) is 17.0. The SMILES string of the molecule is CC1(C)OB(c2ccc(-c3nc4ccccc4c4c5c(ccc34)C(c3ccccc3)(c3ccccc3)c3ccccc3-5)cc2)OC1(C)C. The summed E-state index contributed by atoms with van der Waals surface area (Å²) in [6.07, 6.45) is 0. The van der Waals surface area contributed by atoms with E-state index < -0.39 is 23.7 Å². The van der Waals surface area contributed by atoms with Gasteiger partial charge in [-0.3, -0.25) is 0 Å². The van der Waals surface area contributed by atoms with Crippen molar-refractivity contribution in [2.45, 2.75) is 44.3 Å². The van der Waals surface area contributed by atoms with E-state index in [0.717, 1.165) is 33.0 Å². The van der Waals surface area contributed by atoms with Crippen LogP contribution >= 0.6 is 0 Å². The zero-order valence-corrected chi connectivity index (χ0v) is 27.7. The molecule has 2 aliphatic rings. The summed E-state index contributed by atoms with van der Waals surface area (Å²) in [6.45, 7) is 8.36. The molecule has 0 radical (unpaired) electrons. The molecule has 0 N–H and O–H groups in total. The molecule has 0 spiro atoms. The van der Waals surface area contributed by atoms with Gasteiger partial charge in [0.05, 0.1) is 27.8 Å². The molecule has 4 heteroatoms. The van der Waals surface area contributed by atoms with Crippen LogP contribution in [0.25, 0.3) is 44.1 Å². The van der Waals surface area contributed by atoms with Crippen LogP contribution in [0.5, 0.6) is 0 Å². The monoisotopic (exact) mass is 621 g/mol. The van der Waals surface area contributed by atoms with Crippen LogP contribution in [0.2, 0.25) is 0 Å². The van der Waals surface area contributed by atoms with Gasteiger partial charge in [-0.1, -0.05) is 140 Å². The largest absolute Gasteiger partial charge is 0.494 e. The van der Waals surface area contributed by atoms with Crippen LogP contribution in [-0.4, -0.2) is 23.3 Å². The first kappa shape index (κ1) is 29.1. The Morgan fingerprint density at radius 3 is 1.77 bits per heavy atom. The van der Waals surface area contributed by atoms with Gasteiger partial charge in [0.2, 0.25) is 0 Å². The Bertz CT molecular complexity index is 2290. The smallest absolute Gasteiger partial charge is 0.399 e. The minimum absolute atomic E-state index is 0.391. The van der Waals surface area contributed by atoms with Crippen LogP contribution in [0.4, 0.5) is 0 Å². The predicted octanol–water partition coefficient (Wildman–Crippen LogP) is 9.72. The first-order chi connectivity index (χ1) is 23.3. The molecule has 0 atom stereocenters. The molecule has 7 aromatic rings. The zero-order chi connectivity index (χ0) is 32.7. The second-order valence-electron chi connectivity index (χ2n) is 14.1. The number of para-hydroxylation sites is 1. The second-order valence-corrected chi connectivity index (χ2v) is 14.1. The van der Waals surface area contributed by atoms with Crippen molar-refractivity contribution in [3.63, 3.8) is 0 Å². The van der Waals surface area contributed by atoms with Crippen LogP contribution in [0.15, 0.2) is 146 Å². The Balaban J connectivity index is 1.31. The van der Waals surface area contributed by atoms with E-state index in [2.05, 4.69) is 173 Å². The molecule has 1 saturated heterocycles. The summed E-state index contributed by atoms with van der Waals surface area (Å²) in [5, 5.41) is 3.54. The summed E-state index contributed by atoms with van der Waals surface area (Å²) in [4.78, 5) is 5.32. The summed E-state index contributed by atoms with van der Waals surface area (Å²) in [5.74, 6) is 0. The fraction of sp³-hybridized carbons (Fsp3) is 0.159. The van der Waals surface area contributed by atoms with E-state index in [-0.39, 0.29) is 0 Å². The Hall–Kier alpha value is -5.03. The summed E-state index contributed by atoms with van der Waals surface area (Å²) in [7, 11) is -0.408. The molecular weight excluding hydrogens is 585 g/mol. The van der Waals surface area contributed by atoms with Gasteiger partial charge in [0.15, 0.2) is 0 Å². The van der Waals surface area contributed by atoms with Crippen LogP contribution < -0.4 is 5.46 Å². The van der Waals surface area contributed by atoms with Crippen LogP contribution in [0.1, 0.15) is 49.9 Å². The van der Waals surface area contributed by atoms with Gasteiger partial charge < -0.3 is 9.31 Å². The van der Waals surface area contributed by atoms with Crippen LogP contribution in [0.3, 0.4) is 0 Å². The van der Waals surface area contributed by atoms with Crippen molar-refractivity contribution in [3.05, 3.63) is 168 Å². The molecule has 6 aromatic carbocycles. The average molecular weight is 622 g/mol. The van der Waals surface area contributed by atoms with E-state index in [1.54, 1.807) is 0 Å². The molecular formula is C44H36BNO2. The Morgan fingerprint density at radius 1 is 0.521 bits per heavy atom. The van der Waals surface area contributed by atoms with Crippen LogP contribution in [-0.2, 0) is 14.7 Å². The third-order valence-electron chi connectivity index (χ3n) is 11.0. The molecule has 2 heterocycles. The maximum absolute atomic E-state index is 6.36. The highest BCUT2D eigenvalue weighted by molar-refractivity contribution is 6.62. The van der Waals surface area contributed by atoms with Gasteiger partial charge in [0, 0.05) is 21.7 Å². The maximum atomic E-state index is 6.36. The molecule has 48 heavy (non-hydrogen) atoms. The number of benzene rings is 6. The maximum Gasteiger partial charge on any atom is 0.494 e. The third-order valence-corrected chi connectivity index (χ3v) is 11.0. The highest BCUT2D eigenvalue weighted by atomic mass is 16.7. The van der Waals surface area contributed by atoms with Crippen molar-refractivity contribution in [2.75, 3.05) is 0 Å². The number of rotatable bonds is 4. The zero-order valence-electron chi connectivity index (χ0n) is 27.7. The molecule has 1 aliphatic heterocycles. The van der Waals surface area contributed by atoms with Crippen molar-refractivity contribution in [2.24, 2.45) is 0 Å². The number of hydrogen-bond acceptors (Lipinski definition) is 3. The molecule has 0 saturated carbocycles. The van der Waals surface area contributed by atoms with E-state index in [9.17, 15) is 0 Å². The lowest BCUT2D eigenvalue weighted by Gasteiger charge is -2.34. The molecule has 1 aliphatic carbocycles.